The number of nitrogens with two attached hydrogens (primary N) is 1. The lowest BCUT2D eigenvalue weighted by molar-refractivity contribution is 0.0998. The number of primary amides is 1. The van der Waals surface area contributed by atoms with Crippen LogP contribution in [0.5, 0.6) is 0 Å². The monoisotopic (exact) mass is 355 g/mol. The van der Waals surface area contributed by atoms with Crippen LogP contribution in [0.1, 0.15) is 21.5 Å². The Morgan fingerprint density at radius 2 is 2.10 bits per heavy atom. The van der Waals surface area contributed by atoms with Crippen molar-refractivity contribution in [1.82, 2.24) is 4.57 Å². The van der Waals surface area contributed by atoms with Crippen LogP contribution in [0, 0.1) is 12.3 Å². The van der Waals surface area contributed by atoms with Gasteiger partial charge in [0.1, 0.15) is 5.49 Å². The molecule has 106 valence electrons. The highest BCUT2D eigenvalue weighted by molar-refractivity contribution is 8.93. The van der Waals surface area contributed by atoms with Crippen molar-refractivity contribution in [3.05, 3.63) is 63.7 Å². The van der Waals surface area contributed by atoms with E-state index in [2.05, 4.69) is 0 Å². The van der Waals surface area contributed by atoms with E-state index in [1.807, 2.05) is 31.2 Å². The van der Waals surface area contributed by atoms with Gasteiger partial charge in [0.2, 0.25) is 0 Å². The number of pyridine rings is 1. The minimum absolute atomic E-state index is 0. The SMILES string of the molecule is Br.Cc1cccc(Cn2cc(Cl)cc(C(N)=O)c2=N)c1. The molecule has 0 aliphatic carbocycles. The highest BCUT2D eigenvalue weighted by Gasteiger charge is 2.08. The number of aromatic nitrogens is 1. The average molecular weight is 357 g/mol. The number of rotatable bonds is 3. The number of aryl methyl sites for hydroxylation is 1. The third kappa shape index (κ3) is 3.71. The summed E-state index contributed by atoms with van der Waals surface area (Å²) in [6.07, 6.45) is 1.62. The van der Waals surface area contributed by atoms with Crippen LogP contribution in [0.25, 0.3) is 0 Å². The number of hydrogen-bond acceptors (Lipinski definition) is 2. The standard InChI is InChI=1S/C14H14ClN3O.BrH/c1-9-3-2-4-10(5-9)7-18-8-11(15)6-12(13(18)16)14(17)19;/h2-6,8,16H,7H2,1H3,(H2,17,19);1H. The molecule has 3 N–H and O–H groups in total. The van der Waals surface area contributed by atoms with E-state index in [4.69, 9.17) is 22.7 Å². The van der Waals surface area contributed by atoms with Gasteiger partial charge in [-0.2, -0.15) is 0 Å². The van der Waals surface area contributed by atoms with Crippen LogP contribution >= 0.6 is 28.6 Å². The van der Waals surface area contributed by atoms with Gasteiger partial charge in [0, 0.05) is 12.7 Å². The predicted molar refractivity (Wildman–Crippen MR) is 84.4 cm³/mol. The van der Waals surface area contributed by atoms with E-state index in [1.54, 1.807) is 10.8 Å². The average Bonchev–Trinajstić information content (AvgIpc) is 2.33. The van der Waals surface area contributed by atoms with Gasteiger partial charge >= 0.3 is 0 Å². The van der Waals surface area contributed by atoms with Gasteiger partial charge < -0.3 is 10.3 Å². The molecule has 1 heterocycles. The van der Waals surface area contributed by atoms with Crippen molar-refractivity contribution in [3.8, 4) is 0 Å². The molecule has 0 fully saturated rings. The molecule has 2 aromatic rings. The second-order valence-corrected chi connectivity index (χ2v) is 4.84. The summed E-state index contributed by atoms with van der Waals surface area (Å²) in [6.45, 7) is 2.48. The summed E-state index contributed by atoms with van der Waals surface area (Å²) >= 11 is 5.95. The Kier molecular flexibility index (Phi) is 5.53. The van der Waals surface area contributed by atoms with Crippen LogP contribution in [-0.2, 0) is 6.54 Å². The van der Waals surface area contributed by atoms with Gasteiger partial charge in [-0.3, -0.25) is 10.2 Å². The zero-order chi connectivity index (χ0) is 14.0. The number of nitrogens with zero attached hydrogens (tertiary/aromatic N) is 1. The maximum atomic E-state index is 11.3. The molecule has 20 heavy (non-hydrogen) atoms. The Labute approximate surface area is 132 Å². The molecular weight excluding hydrogens is 342 g/mol. The Bertz CT molecular complexity index is 697. The molecule has 0 bridgehead atoms. The van der Waals surface area contributed by atoms with Gasteiger partial charge in [-0.25, -0.2) is 0 Å². The van der Waals surface area contributed by atoms with Crippen LogP contribution in [-0.4, -0.2) is 10.5 Å². The molecule has 0 saturated carbocycles. The number of carbonyl (C=O) groups is 1. The molecule has 0 radical (unpaired) electrons. The molecule has 1 amide bonds. The number of nitrogens with one attached hydrogen (secondary N) is 1. The molecule has 0 spiro atoms. The smallest absolute Gasteiger partial charge is 0.252 e. The van der Waals surface area contributed by atoms with E-state index in [-0.39, 0.29) is 28.0 Å². The van der Waals surface area contributed by atoms with Crippen molar-refractivity contribution >= 4 is 34.5 Å². The number of hydrogen-bond donors (Lipinski definition) is 2. The molecule has 0 saturated heterocycles. The second kappa shape index (κ2) is 6.72. The van der Waals surface area contributed by atoms with E-state index in [0.29, 0.717) is 11.6 Å². The largest absolute Gasteiger partial charge is 0.365 e. The number of amides is 1. The van der Waals surface area contributed by atoms with Crippen LogP contribution in [0.4, 0.5) is 0 Å². The quantitative estimate of drug-likeness (QED) is 0.872. The van der Waals surface area contributed by atoms with Gasteiger partial charge in [-0.05, 0) is 18.6 Å². The fourth-order valence-corrected chi connectivity index (χ4v) is 2.16. The third-order valence-corrected chi connectivity index (χ3v) is 3.01. The minimum Gasteiger partial charge on any atom is -0.365 e. The maximum absolute atomic E-state index is 11.3. The molecule has 0 aliphatic rings. The molecule has 0 unspecified atom stereocenters. The van der Waals surface area contributed by atoms with Crippen molar-refractivity contribution in [2.45, 2.75) is 13.5 Å². The lowest BCUT2D eigenvalue weighted by atomic mass is 10.1. The molecule has 1 aromatic heterocycles. The number of halogens is 2. The molecular formula is C14H15BrClN3O. The highest BCUT2D eigenvalue weighted by Crippen LogP contribution is 2.10. The van der Waals surface area contributed by atoms with Crippen molar-refractivity contribution in [1.29, 1.82) is 5.41 Å². The van der Waals surface area contributed by atoms with Gasteiger partial charge in [0.05, 0.1) is 10.6 Å². The van der Waals surface area contributed by atoms with Crippen LogP contribution in [0.15, 0.2) is 36.5 Å². The summed E-state index contributed by atoms with van der Waals surface area (Å²) in [5.74, 6) is -0.648. The normalized spacial score (nSPS) is 9.90. The summed E-state index contributed by atoms with van der Waals surface area (Å²) in [7, 11) is 0. The lowest BCUT2D eigenvalue weighted by Gasteiger charge is -2.10. The second-order valence-electron chi connectivity index (χ2n) is 4.40. The van der Waals surface area contributed by atoms with E-state index >= 15 is 0 Å². The van der Waals surface area contributed by atoms with Gasteiger partial charge in [0.25, 0.3) is 5.91 Å². The van der Waals surface area contributed by atoms with Crippen LogP contribution in [0.2, 0.25) is 5.02 Å². The van der Waals surface area contributed by atoms with Crippen molar-refractivity contribution in [2.24, 2.45) is 5.73 Å². The van der Waals surface area contributed by atoms with E-state index in [1.165, 1.54) is 6.07 Å². The number of benzene rings is 1. The fourth-order valence-electron chi connectivity index (χ4n) is 1.93. The third-order valence-electron chi connectivity index (χ3n) is 2.80. The first-order valence-corrected chi connectivity index (χ1v) is 6.15. The summed E-state index contributed by atoms with van der Waals surface area (Å²) in [6, 6.07) is 9.36. The minimum atomic E-state index is -0.648. The molecule has 0 atom stereocenters. The fraction of sp³-hybridized carbons (Fsp3) is 0.143. The van der Waals surface area contributed by atoms with Crippen LogP contribution < -0.4 is 11.2 Å². The molecule has 1 aromatic carbocycles. The van der Waals surface area contributed by atoms with Crippen molar-refractivity contribution in [2.75, 3.05) is 0 Å². The van der Waals surface area contributed by atoms with E-state index in [0.717, 1.165) is 11.1 Å². The highest BCUT2D eigenvalue weighted by atomic mass is 79.9. The van der Waals surface area contributed by atoms with E-state index < -0.39 is 5.91 Å². The summed E-state index contributed by atoms with van der Waals surface area (Å²) in [5, 5.41) is 8.37. The first kappa shape index (κ1) is 16.5. The van der Waals surface area contributed by atoms with Crippen LogP contribution in [0.3, 0.4) is 0 Å². The van der Waals surface area contributed by atoms with Gasteiger partial charge in [-0.15, -0.1) is 17.0 Å². The first-order valence-electron chi connectivity index (χ1n) is 5.77. The van der Waals surface area contributed by atoms with E-state index in [9.17, 15) is 4.79 Å². The Morgan fingerprint density at radius 1 is 1.40 bits per heavy atom. The summed E-state index contributed by atoms with van der Waals surface area (Å²) in [4.78, 5) is 11.3. The Hall–Kier alpha value is -1.59. The zero-order valence-corrected chi connectivity index (χ0v) is 13.4. The maximum Gasteiger partial charge on any atom is 0.252 e. The first-order chi connectivity index (χ1) is 8.97. The molecule has 6 heteroatoms. The Balaban J connectivity index is 0.00000200. The van der Waals surface area contributed by atoms with Gasteiger partial charge in [0.15, 0.2) is 0 Å². The molecule has 4 nitrogen and oxygen atoms in total. The predicted octanol–water partition coefficient (Wildman–Crippen LogP) is 2.65. The van der Waals surface area contributed by atoms with Crippen molar-refractivity contribution < 1.29 is 4.79 Å². The number of carbonyl (C=O) groups excluding carboxylic acids is 1. The Morgan fingerprint density at radius 3 is 2.70 bits per heavy atom. The van der Waals surface area contributed by atoms with Crippen molar-refractivity contribution in [3.63, 3.8) is 0 Å². The summed E-state index contributed by atoms with van der Waals surface area (Å²) < 4.78 is 1.61. The van der Waals surface area contributed by atoms with Gasteiger partial charge in [-0.1, -0.05) is 41.4 Å². The zero-order valence-electron chi connectivity index (χ0n) is 10.9. The summed E-state index contributed by atoms with van der Waals surface area (Å²) in [5.41, 5.74) is 7.61. The topological polar surface area (TPSA) is 71.9 Å². The molecule has 0 aliphatic heterocycles. The molecule has 2 rings (SSSR count). The lowest BCUT2D eigenvalue weighted by Crippen LogP contribution is -2.29.